The van der Waals surface area contributed by atoms with Crippen molar-refractivity contribution >= 4 is 33.7 Å². The third-order valence-corrected chi connectivity index (χ3v) is 5.12. The van der Waals surface area contributed by atoms with E-state index in [-0.39, 0.29) is 5.91 Å². The number of nitrogens with zero attached hydrogens (tertiary/aromatic N) is 3. The van der Waals surface area contributed by atoms with Crippen LogP contribution in [0.5, 0.6) is 5.88 Å². The van der Waals surface area contributed by atoms with Gasteiger partial charge in [0, 0.05) is 23.7 Å². The Labute approximate surface area is 166 Å². The maximum absolute atomic E-state index is 11.6. The van der Waals surface area contributed by atoms with Gasteiger partial charge in [0.25, 0.3) is 5.91 Å². The molecule has 1 amide bonds. The number of fused-ring (bicyclic) bond motifs is 1. The molecular weight excluding hydrogens is 374 g/mol. The van der Waals surface area contributed by atoms with Crippen molar-refractivity contribution in [1.29, 1.82) is 0 Å². The lowest BCUT2D eigenvalue weighted by atomic mass is 10.2. The molecule has 3 heterocycles. The summed E-state index contributed by atoms with van der Waals surface area (Å²) in [6.45, 7) is 1.96. The van der Waals surface area contributed by atoms with Crippen molar-refractivity contribution in [2.45, 2.75) is 6.92 Å². The van der Waals surface area contributed by atoms with Gasteiger partial charge in [0.05, 0.1) is 18.5 Å². The number of hydrogen-bond acceptors (Lipinski definition) is 6. The summed E-state index contributed by atoms with van der Waals surface area (Å²) in [5.41, 5.74) is 4.91. The summed E-state index contributed by atoms with van der Waals surface area (Å²) in [4.78, 5) is 21.0. The molecule has 8 heteroatoms. The minimum atomic E-state index is -0.111. The molecule has 2 N–H and O–H groups in total. The van der Waals surface area contributed by atoms with Crippen LogP contribution in [0, 0.1) is 6.92 Å². The highest BCUT2D eigenvalue weighted by Crippen LogP contribution is 2.32. The average molecular weight is 393 g/mol. The molecule has 4 rings (SSSR count). The number of pyridine rings is 1. The number of carbonyl (C=O) groups is 1. The van der Waals surface area contributed by atoms with E-state index in [2.05, 4.69) is 15.6 Å². The minimum absolute atomic E-state index is 0.111. The summed E-state index contributed by atoms with van der Waals surface area (Å²) >= 11 is 1.50. The Morgan fingerprint density at radius 3 is 2.64 bits per heavy atom. The van der Waals surface area contributed by atoms with Crippen LogP contribution < -0.4 is 15.4 Å². The van der Waals surface area contributed by atoms with E-state index >= 15 is 0 Å². The molecular formula is C20H19N5O2S. The first-order chi connectivity index (χ1) is 13.6. The molecule has 0 spiro atoms. The summed E-state index contributed by atoms with van der Waals surface area (Å²) < 4.78 is 7.46. The van der Waals surface area contributed by atoms with Gasteiger partial charge in [-0.05, 0) is 43.3 Å². The van der Waals surface area contributed by atoms with Crippen LogP contribution in [0.4, 0.5) is 10.8 Å². The Hall–Kier alpha value is -3.39. The number of aryl methyl sites for hydroxylation is 1. The van der Waals surface area contributed by atoms with Gasteiger partial charge >= 0.3 is 0 Å². The SMILES string of the molecule is CNC(=O)c1ccc(Nc2nc(-c3c(C)nc4cccc(OC)n34)cs2)cc1. The Morgan fingerprint density at radius 1 is 1.14 bits per heavy atom. The molecule has 3 aromatic heterocycles. The number of thiazole rings is 1. The monoisotopic (exact) mass is 393 g/mol. The van der Waals surface area contributed by atoms with E-state index in [0.29, 0.717) is 11.4 Å². The Bertz CT molecular complexity index is 1150. The lowest BCUT2D eigenvalue weighted by molar-refractivity contribution is 0.0963. The number of imidazole rings is 1. The van der Waals surface area contributed by atoms with E-state index in [1.165, 1.54) is 11.3 Å². The van der Waals surface area contributed by atoms with Crippen molar-refractivity contribution in [3.8, 4) is 17.3 Å². The predicted molar refractivity (Wildman–Crippen MR) is 111 cm³/mol. The van der Waals surface area contributed by atoms with E-state index in [9.17, 15) is 4.79 Å². The van der Waals surface area contributed by atoms with Crippen LogP contribution in [0.3, 0.4) is 0 Å². The average Bonchev–Trinajstić information content (AvgIpc) is 3.30. The fourth-order valence-electron chi connectivity index (χ4n) is 3.05. The zero-order valence-corrected chi connectivity index (χ0v) is 16.5. The summed E-state index contributed by atoms with van der Waals surface area (Å²) in [6, 6.07) is 13.0. The third kappa shape index (κ3) is 3.18. The number of ether oxygens (including phenoxy) is 1. The molecule has 0 atom stereocenters. The van der Waals surface area contributed by atoms with Crippen LogP contribution in [0.25, 0.3) is 17.0 Å². The van der Waals surface area contributed by atoms with Gasteiger partial charge in [0.15, 0.2) is 11.0 Å². The van der Waals surface area contributed by atoms with E-state index < -0.39 is 0 Å². The highest BCUT2D eigenvalue weighted by Gasteiger charge is 2.17. The van der Waals surface area contributed by atoms with Crippen molar-refractivity contribution < 1.29 is 9.53 Å². The van der Waals surface area contributed by atoms with Gasteiger partial charge in [-0.2, -0.15) is 0 Å². The first-order valence-corrected chi connectivity index (χ1v) is 9.56. The molecule has 0 aliphatic carbocycles. The van der Waals surface area contributed by atoms with Gasteiger partial charge in [0.2, 0.25) is 0 Å². The van der Waals surface area contributed by atoms with Gasteiger partial charge in [-0.15, -0.1) is 11.3 Å². The van der Waals surface area contributed by atoms with Gasteiger partial charge in [-0.1, -0.05) is 6.07 Å². The zero-order valence-electron chi connectivity index (χ0n) is 15.7. The fourth-order valence-corrected chi connectivity index (χ4v) is 3.76. The van der Waals surface area contributed by atoms with E-state index in [0.717, 1.165) is 33.5 Å². The van der Waals surface area contributed by atoms with Gasteiger partial charge < -0.3 is 15.4 Å². The zero-order chi connectivity index (χ0) is 19.7. The summed E-state index contributed by atoms with van der Waals surface area (Å²) in [5, 5.41) is 8.64. The second-order valence-electron chi connectivity index (χ2n) is 6.13. The van der Waals surface area contributed by atoms with Crippen molar-refractivity contribution in [2.24, 2.45) is 0 Å². The summed E-state index contributed by atoms with van der Waals surface area (Å²) in [7, 11) is 3.26. The van der Waals surface area contributed by atoms with Gasteiger partial charge in [0.1, 0.15) is 11.3 Å². The number of rotatable bonds is 5. The predicted octanol–water partition coefficient (Wildman–Crippen LogP) is 3.88. The maximum Gasteiger partial charge on any atom is 0.251 e. The number of carbonyl (C=O) groups excluding carboxylic acids is 1. The number of methoxy groups -OCH3 is 1. The van der Waals surface area contributed by atoms with Crippen molar-refractivity contribution in [3.05, 3.63) is 59.1 Å². The van der Waals surface area contributed by atoms with Crippen LogP contribution in [0.15, 0.2) is 47.8 Å². The van der Waals surface area contributed by atoms with Gasteiger partial charge in [-0.3, -0.25) is 9.20 Å². The molecule has 0 aliphatic rings. The molecule has 0 bridgehead atoms. The lowest BCUT2D eigenvalue weighted by Crippen LogP contribution is -2.17. The number of nitrogens with one attached hydrogen (secondary N) is 2. The van der Waals surface area contributed by atoms with Crippen LogP contribution in [0.2, 0.25) is 0 Å². The molecule has 0 aliphatic heterocycles. The molecule has 7 nitrogen and oxygen atoms in total. The van der Waals surface area contributed by atoms with E-state index in [1.54, 1.807) is 26.3 Å². The molecule has 0 fully saturated rings. The Kier molecular flexibility index (Phi) is 4.70. The second-order valence-corrected chi connectivity index (χ2v) is 6.99. The Morgan fingerprint density at radius 2 is 1.93 bits per heavy atom. The highest BCUT2D eigenvalue weighted by atomic mass is 32.1. The van der Waals surface area contributed by atoms with Crippen LogP contribution >= 0.6 is 11.3 Å². The maximum atomic E-state index is 11.6. The second kappa shape index (κ2) is 7.32. The van der Waals surface area contributed by atoms with Crippen LogP contribution in [0.1, 0.15) is 16.1 Å². The molecule has 4 aromatic rings. The van der Waals surface area contributed by atoms with Gasteiger partial charge in [-0.25, -0.2) is 9.97 Å². The lowest BCUT2D eigenvalue weighted by Gasteiger charge is -2.06. The van der Waals surface area contributed by atoms with Crippen LogP contribution in [-0.4, -0.2) is 34.4 Å². The molecule has 1 aromatic carbocycles. The molecule has 142 valence electrons. The Balaban J connectivity index is 1.64. The number of hydrogen-bond donors (Lipinski definition) is 2. The third-order valence-electron chi connectivity index (χ3n) is 4.36. The topological polar surface area (TPSA) is 80.5 Å². The molecule has 0 radical (unpaired) electrons. The standard InChI is InChI=1S/C20H19N5O2S/c1-12-18(25-16(22-12)5-4-6-17(25)27-3)15-11-28-20(24-15)23-14-9-7-13(8-10-14)19(26)21-2/h4-11H,1-3H3,(H,21,26)(H,23,24). The van der Waals surface area contributed by atoms with Crippen molar-refractivity contribution in [2.75, 3.05) is 19.5 Å². The number of anilines is 2. The van der Waals surface area contributed by atoms with Crippen LogP contribution in [-0.2, 0) is 0 Å². The first kappa shape index (κ1) is 18.0. The van der Waals surface area contributed by atoms with Crippen molar-refractivity contribution in [3.63, 3.8) is 0 Å². The highest BCUT2D eigenvalue weighted by molar-refractivity contribution is 7.14. The molecule has 0 saturated carbocycles. The molecule has 0 unspecified atom stereocenters. The fraction of sp³-hybridized carbons (Fsp3) is 0.150. The smallest absolute Gasteiger partial charge is 0.251 e. The van der Waals surface area contributed by atoms with Crippen molar-refractivity contribution in [1.82, 2.24) is 19.7 Å². The largest absolute Gasteiger partial charge is 0.482 e. The molecule has 28 heavy (non-hydrogen) atoms. The number of aromatic nitrogens is 3. The first-order valence-electron chi connectivity index (χ1n) is 8.68. The van der Waals surface area contributed by atoms with E-state index in [4.69, 9.17) is 9.72 Å². The quantitative estimate of drug-likeness (QED) is 0.538. The number of amides is 1. The number of benzene rings is 1. The summed E-state index contributed by atoms with van der Waals surface area (Å²) in [6.07, 6.45) is 0. The minimum Gasteiger partial charge on any atom is -0.482 e. The normalized spacial score (nSPS) is 10.8. The molecule has 0 saturated heterocycles. The summed E-state index contributed by atoms with van der Waals surface area (Å²) in [5.74, 6) is 0.598. The van der Waals surface area contributed by atoms with E-state index in [1.807, 2.05) is 47.0 Å².